The maximum absolute atomic E-state index is 12.0. The molecule has 1 unspecified atom stereocenters. The highest BCUT2D eigenvalue weighted by Crippen LogP contribution is 2.35. The fraction of sp³-hybridized carbons (Fsp3) is 0.619. The van der Waals surface area contributed by atoms with E-state index in [1.165, 1.54) is 6.20 Å². The largest absolute Gasteiger partial charge is 0.489 e. The van der Waals surface area contributed by atoms with Crippen molar-refractivity contribution >= 4 is 11.9 Å². The Hall–Kier alpha value is -2.32. The number of carbonyl (C=O) groups is 2. The van der Waals surface area contributed by atoms with Crippen molar-refractivity contribution < 1.29 is 29.3 Å². The molecule has 0 aromatic heterocycles. The molecule has 0 aliphatic carbocycles. The molecule has 2 aliphatic rings. The van der Waals surface area contributed by atoms with Gasteiger partial charge in [0.2, 0.25) is 5.72 Å². The molecule has 0 radical (unpaired) electrons. The molecule has 8 heteroatoms. The molecular formula is C21H32N2O6. The third kappa shape index (κ3) is 5.83. The lowest BCUT2D eigenvalue weighted by atomic mass is 9.91. The average molecular weight is 408 g/mol. The molecule has 2 rings (SSSR count). The van der Waals surface area contributed by atoms with Crippen molar-refractivity contribution in [3.05, 3.63) is 35.8 Å². The Balaban J connectivity index is 2.43. The molecule has 0 spiro atoms. The Bertz CT molecular complexity index is 679. The van der Waals surface area contributed by atoms with Crippen LogP contribution in [0.1, 0.15) is 40.0 Å². The van der Waals surface area contributed by atoms with Crippen molar-refractivity contribution in [3.8, 4) is 0 Å². The molecule has 4 N–H and O–H groups in total. The van der Waals surface area contributed by atoms with Crippen LogP contribution in [0.2, 0.25) is 0 Å². The number of piperidine rings is 1. The van der Waals surface area contributed by atoms with Gasteiger partial charge in [-0.3, -0.25) is 0 Å². The lowest BCUT2D eigenvalue weighted by molar-refractivity contribution is -0.141. The SMILES string of the molecule is CC[C@H](OC1=CC=CN[C@]1(OCC(C)C)/C(=C\C(=O)O)C(=O)O)C1CCCNC1. The number of dihydropyridines is 1. The van der Waals surface area contributed by atoms with Crippen LogP contribution in [0.5, 0.6) is 0 Å². The van der Waals surface area contributed by atoms with Gasteiger partial charge in [0.15, 0.2) is 5.76 Å². The molecule has 8 nitrogen and oxygen atoms in total. The number of hydrogen-bond donors (Lipinski definition) is 4. The first-order chi connectivity index (χ1) is 13.8. The number of aliphatic carboxylic acids is 2. The highest BCUT2D eigenvalue weighted by atomic mass is 16.6. The zero-order chi connectivity index (χ0) is 21.4. The van der Waals surface area contributed by atoms with Crippen molar-refractivity contribution in [3.63, 3.8) is 0 Å². The van der Waals surface area contributed by atoms with E-state index in [0.29, 0.717) is 6.08 Å². The minimum absolute atomic E-state index is 0.102. The van der Waals surface area contributed by atoms with Crippen LogP contribution in [0.4, 0.5) is 0 Å². The Morgan fingerprint density at radius 3 is 2.69 bits per heavy atom. The van der Waals surface area contributed by atoms with Crippen LogP contribution in [-0.4, -0.2) is 53.7 Å². The summed E-state index contributed by atoms with van der Waals surface area (Å²) in [5, 5.41) is 25.4. The molecule has 162 valence electrons. The van der Waals surface area contributed by atoms with Gasteiger partial charge in [-0.1, -0.05) is 20.8 Å². The summed E-state index contributed by atoms with van der Waals surface area (Å²) in [5.74, 6) is -2.12. The van der Waals surface area contributed by atoms with E-state index in [0.717, 1.165) is 32.4 Å². The van der Waals surface area contributed by atoms with E-state index in [1.54, 1.807) is 12.2 Å². The smallest absolute Gasteiger partial charge is 0.337 e. The van der Waals surface area contributed by atoms with Gasteiger partial charge in [-0.05, 0) is 50.1 Å². The Kier molecular flexibility index (Phi) is 8.28. The number of rotatable bonds is 10. The van der Waals surface area contributed by atoms with Gasteiger partial charge in [-0.2, -0.15) is 0 Å². The van der Waals surface area contributed by atoms with Crippen LogP contribution < -0.4 is 10.6 Å². The summed E-state index contributed by atoms with van der Waals surface area (Å²) in [6, 6.07) is 0. The molecular weight excluding hydrogens is 376 g/mol. The molecule has 29 heavy (non-hydrogen) atoms. The number of carboxylic acids is 2. The van der Waals surface area contributed by atoms with Gasteiger partial charge in [0.05, 0.1) is 6.61 Å². The molecule has 0 aromatic carbocycles. The average Bonchev–Trinajstić information content (AvgIpc) is 2.69. The van der Waals surface area contributed by atoms with Crippen molar-refractivity contribution in [2.75, 3.05) is 19.7 Å². The second kappa shape index (κ2) is 10.5. The highest BCUT2D eigenvalue weighted by molar-refractivity contribution is 5.97. The fourth-order valence-corrected chi connectivity index (χ4v) is 3.61. The van der Waals surface area contributed by atoms with Gasteiger partial charge in [-0.25, -0.2) is 9.59 Å². The van der Waals surface area contributed by atoms with Crippen LogP contribution in [0, 0.1) is 11.8 Å². The third-order valence-electron chi connectivity index (χ3n) is 5.03. The minimum atomic E-state index is -1.71. The Morgan fingerprint density at radius 2 is 2.14 bits per heavy atom. The monoisotopic (exact) mass is 408 g/mol. The highest BCUT2D eigenvalue weighted by Gasteiger charge is 2.47. The third-order valence-corrected chi connectivity index (χ3v) is 5.03. The Morgan fingerprint density at radius 1 is 1.38 bits per heavy atom. The van der Waals surface area contributed by atoms with Crippen molar-refractivity contribution in [2.45, 2.75) is 51.9 Å². The van der Waals surface area contributed by atoms with E-state index in [-0.39, 0.29) is 30.3 Å². The second-order valence-corrected chi connectivity index (χ2v) is 7.79. The second-order valence-electron chi connectivity index (χ2n) is 7.79. The topological polar surface area (TPSA) is 117 Å². The number of hydrogen-bond acceptors (Lipinski definition) is 6. The van der Waals surface area contributed by atoms with Crippen LogP contribution in [0.25, 0.3) is 0 Å². The summed E-state index contributed by atoms with van der Waals surface area (Å²) >= 11 is 0. The van der Waals surface area contributed by atoms with Crippen molar-refractivity contribution in [1.29, 1.82) is 0 Å². The van der Waals surface area contributed by atoms with Gasteiger partial charge in [-0.15, -0.1) is 0 Å². The Labute approximate surface area is 171 Å². The van der Waals surface area contributed by atoms with E-state index in [9.17, 15) is 19.8 Å². The van der Waals surface area contributed by atoms with Gasteiger partial charge >= 0.3 is 11.9 Å². The maximum Gasteiger partial charge on any atom is 0.337 e. The molecule has 1 saturated heterocycles. The standard InChI is InChI=1S/C21H32N2O6/c1-4-17(15-7-5-9-22-12-15)29-18-8-6-10-23-21(18,28-13-14(2)3)16(20(26)27)11-19(24)25/h6,8,10-11,14-15,17,22-23H,4-5,7,9,12-13H2,1-3H3,(H,24,25)(H,26,27)/b16-11-/t15?,17-,21-/m0/s1. The molecule has 2 heterocycles. The summed E-state index contributed by atoms with van der Waals surface area (Å²) < 4.78 is 12.3. The molecule has 0 amide bonds. The van der Waals surface area contributed by atoms with Crippen LogP contribution in [0.3, 0.4) is 0 Å². The molecule has 0 saturated carbocycles. The van der Waals surface area contributed by atoms with Crippen LogP contribution in [-0.2, 0) is 19.1 Å². The lowest BCUT2D eigenvalue weighted by Gasteiger charge is -2.41. The van der Waals surface area contributed by atoms with Gasteiger partial charge in [0, 0.05) is 18.5 Å². The molecule has 0 aromatic rings. The first kappa shape index (κ1) is 23.0. The number of nitrogens with one attached hydrogen (secondary N) is 2. The van der Waals surface area contributed by atoms with E-state index in [2.05, 4.69) is 10.6 Å². The molecule has 0 bridgehead atoms. The normalized spacial score (nSPS) is 25.9. The van der Waals surface area contributed by atoms with Gasteiger partial charge in [0.25, 0.3) is 0 Å². The predicted molar refractivity (Wildman–Crippen MR) is 108 cm³/mol. The van der Waals surface area contributed by atoms with Crippen LogP contribution in [0.15, 0.2) is 35.8 Å². The molecule has 1 fully saturated rings. The maximum atomic E-state index is 12.0. The number of ether oxygens (including phenoxy) is 2. The summed E-state index contributed by atoms with van der Waals surface area (Å²) in [6.45, 7) is 7.90. The summed E-state index contributed by atoms with van der Waals surface area (Å²) in [7, 11) is 0. The van der Waals surface area contributed by atoms with E-state index >= 15 is 0 Å². The van der Waals surface area contributed by atoms with Crippen molar-refractivity contribution in [2.24, 2.45) is 11.8 Å². The van der Waals surface area contributed by atoms with Crippen LogP contribution >= 0.6 is 0 Å². The first-order valence-electron chi connectivity index (χ1n) is 10.1. The predicted octanol–water partition coefficient (Wildman–Crippen LogP) is 2.25. The zero-order valence-corrected chi connectivity index (χ0v) is 17.3. The summed E-state index contributed by atoms with van der Waals surface area (Å²) in [6.07, 6.45) is 8.19. The van der Waals surface area contributed by atoms with Gasteiger partial charge < -0.3 is 30.3 Å². The van der Waals surface area contributed by atoms with E-state index in [4.69, 9.17) is 9.47 Å². The van der Waals surface area contributed by atoms with Gasteiger partial charge in [0.1, 0.15) is 11.7 Å². The fourth-order valence-electron chi connectivity index (χ4n) is 3.61. The lowest BCUT2D eigenvalue weighted by Crippen LogP contribution is -2.54. The quantitative estimate of drug-likeness (QED) is 0.407. The minimum Gasteiger partial charge on any atom is -0.489 e. The molecule has 3 atom stereocenters. The van der Waals surface area contributed by atoms with E-state index < -0.39 is 23.2 Å². The molecule has 2 aliphatic heterocycles. The number of carboxylic acid groups (broad SMARTS) is 2. The van der Waals surface area contributed by atoms with Crippen molar-refractivity contribution in [1.82, 2.24) is 10.6 Å². The zero-order valence-electron chi connectivity index (χ0n) is 17.3. The first-order valence-corrected chi connectivity index (χ1v) is 10.1. The summed E-state index contributed by atoms with van der Waals surface area (Å²) in [5.41, 5.74) is -2.14. The number of allylic oxidation sites excluding steroid dienone is 2. The van der Waals surface area contributed by atoms with E-state index in [1.807, 2.05) is 20.8 Å². The summed E-state index contributed by atoms with van der Waals surface area (Å²) in [4.78, 5) is 23.4.